The summed E-state index contributed by atoms with van der Waals surface area (Å²) in [5.74, 6) is 0.449. The van der Waals surface area contributed by atoms with Crippen molar-refractivity contribution in [1.82, 2.24) is 0 Å². The predicted molar refractivity (Wildman–Crippen MR) is 77.1 cm³/mol. The summed E-state index contributed by atoms with van der Waals surface area (Å²) in [6.45, 7) is 4.09. The van der Waals surface area contributed by atoms with E-state index >= 15 is 0 Å². The van der Waals surface area contributed by atoms with E-state index in [4.69, 9.17) is 5.73 Å². The van der Waals surface area contributed by atoms with Crippen LogP contribution < -0.4 is 11.1 Å². The second kappa shape index (κ2) is 5.72. The normalized spacial score (nSPS) is 19.4. The van der Waals surface area contributed by atoms with Crippen LogP contribution in [0.1, 0.15) is 42.7 Å². The minimum Gasteiger partial charge on any atom is -0.320 e. The zero-order valence-corrected chi connectivity index (χ0v) is 12.1. The number of carbonyl (C=O) groups is 1. The van der Waals surface area contributed by atoms with Crippen LogP contribution in [-0.4, -0.2) is 11.9 Å². The number of hydrogen-bond donors (Lipinski definition) is 2. The van der Waals surface area contributed by atoms with Crippen LogP contribution in [0.3, 0.4) is 0 Å². The molecular weight excluding hydrogens is 258 g/mol. The number of carbonyl (C=O) groups excluding carboxylic acids is 1. The standard InChI is InChI=1S/C14H19N3OS/c1-3-11(16)13(18)17-14-10(7-15)9-5-4-8(2)6-12(9)19-14/h8,11H,3-6,16H2,1-2H3,(H,17,18)/t8?,11-/m1/s1. The zero-order valence-electron chi connectivity index (χ0n) is 11.3. The summed E-state index contributed by atoms with van der Waals surface area (Å²) in [6, 6.07) is 1.73. The molecule has 0 saturated heterocycles. The molecule has 1 heterocycles. The molecule has 2 atom stereocenters. The molecule has 0 saturated carbocycles. The second-order valence-corrected chi connectivity index (χ2v) is 6.28. The molecule has 0 fully saturated rings. The Bertz CT molecular complexity index is 530. The van der Waals surface area contributed by atoms with E-state index in [0.717, 1.165) is 24.8 Å². The third-order valence-corrected chi connectivity index (χ3v) is 4.81. The molecule has 0 spiro atoms. The lowest BCUT2D eigenvalue weighted by molar-refractivity contribution is -0.117. The Labute approximate surface area is 117 Å². The van der Waals surface area contributed by atoms with E-state index in [1.54, 1.807) is 0 Å². The monoisotopic (exact) mass is 277 g/mol. The van der Waals surface area contributed by atoms with Gasteiger partial charge in [-0.25, -0.2) is 0 Å². The van der Waals surface area contributed by atoms with Crippen LogP contribution >= 0.6 is 11.3 Å². The molecule has 0 aliphatic heterocycles. The third-order valence-electron chi connectivity index (χ3n) is 3.64. The smallest absolute Gasteiger partial charge is 0.241 e. The van der Waals surface area contributed by atoms with Crippen molar-refractivity contribution in [2.24, 2.45) is 11.7 Å². The number of nitrogens with zero attached hydrogens (tertiary/aromatic N) is 1. The zero-order chi connectivity index (χ0) is 14.0. The second-order valence-electron chi connectivity index (χ2n) is 5.17. The van der Waals surface area contributed by atoms with Crippen molar-refractivity contribution in [3.05, 3.63) is 16.0 Å². The lowest BCUT2D eigenvalue weighted by Crippen LogP contribution is -2.34. The van der Waals surface area contributed by atoms with Crippen LogP contribution in [0.2, 0.25) is 0 Å². The van der Waals surface area contributed by atoms with Gasteiger partial charge in [-0.1, -0.05) is 13.8 Å². The molecule has 5 heteroatoms. The molecule has 3 N–H and O–H groups in total. The predicted octanol–water partition coefficient (Wildman–Crippen LogP) is 2.42. The largest absolute Gasteiger partial charge is 0.320 e. The highest BCUT2D eigenvalue weighted by Gasteiger charge is 2.25. The molecular formula is C14H19N3OS. The average Bonchev–Trinajstić information content (AvgIpc) is 2.73. The van der Waals surface area contributed by atoms with E-state index in [2.05, 4.69) is 18.3 Å². The van der Waals surface area contributed by atoms with Crippen molar-refractivity contribution in [2.75, 3.05) is 5.32 Å². The summed E-state index contributed by atoms with van der Waals surface area (Å²) >= 11 is 1.54. The van der Waals surface area contributed by atoms with Crippen molar-refractivity contribution in [3.8, 4) is 6.07 Å². The van der Waals surface area contributed by atoms with Gasteiger partial charge in [0.2, 0.25) is 5.91 Å². The highest BCUT2D eigenvalue weighted by molar-refractivity contribution is 7.16. The summed E-state index contributed by atoms with van der Waals surface area (Å²) in [5, 5.41) is 12.8. The number of hydrogen-bond acceptors (Lipinski definition) is 4. The Morgan fingerprint density at radius 1 is 1.68 bits per heavy atom. The number of nitrogens with two attached hydrogens (primary N) is 1. The fourth-order valence-corrected chi connectivity index (χ4v) is 3.71. The minimum absolute atomic E-state index is 0.203. The van der Waals surface area contributed by atoms with Gasteiger partial charge >= 0.3 is 0 Å². The highest BCUT2D eigenvalue weighted by atomic mass is 32.1. The minimum atomic E-state index is -0.510. The van der Waals surface area contributed by atoms with Crippen LogP contribution in [0.25, 0.3) is 0 Å². The van der Waals surface area contributed by atoms with Crippen LogP contribution in [-0.2, 0) is 17.6 Å². The first kappa shape index (κ1) is 14.0. The molecule has 102 valence electrons. The Balaban J connectivity index is 2.27. The van der Waals surface area contributed by atoms with Gasteiger partial charge in [-0.05, 0) is 37.2 Å². The van der Waals surface area contributed by atoms with Gasteiger partial charge in [0.25, 0.3) is 0 Å². The van der Waals surface area contributed by atoms with E-state index in [-0.39, 0.29) is 5.91 Å². The Morgan fingerprint density at radius 2 is 2.42 bits per heavy atom. The number of amides is 1. The average molecular weight is 277 g/mol. The molecule has 1 aliphatic rings. The lowest BCUT2D eigenvalue weighted by Gasteiger charge is -2.17. The first-order chi connectivity index (χ1) is 9.06. The summed E-state index contributed by atoms with van der Waals surface area (Å²) in [4.78, 5) is 13.1. The van der Waals surface area contributed by atoms with Gasteiger partial charge in [0.15, 0.2) is 0 Å². The fourth-order valence-electron chi connectivity index (χ4n) is 2.35. The highest BCUT2D eigenvalue weighted by Crippen LogP contribution is 2.39. The van der Waals surface area contributed by atoms with Gasteiger partial charge in [-0.3, -0.25) is 4.79 Å². The fraction of sp³-hybridized carbons (Fsp3) is 0.571. The molecule has 1 amide bonds. The molecule has 4 nitrogen and oxygen atoms in total. The van der Waals surface area contributed by atoms with Crippen LogP contribution in [0.15, 0.2) is 0 Å². The number of nitriles is 1. The molecule has 1 unspecified atom stereocenters. The van der Waals surface area contributed by atoms with Crippen molar-refractivity contribution >= 4 is 22.2 Å². The van der Waals surface area contributed by atoms with E-state index in [1.807, 2.05) is 6.92 Å². The maximum Gasteiger partial charge on any atom is 0.241 e. The van der Waals surface area contributed by atoms with Gasteiger partial charge < -0.3 is 11.1 Å². The Morgan fingerprint density at radius 3 is 3.05 bits per heavy atom. The topological polar surface area (TPSA) is 78.9 Å². The van der Waals surface area contributed by atoms with Crippen molar-refractivity contribution in [1.29, 1.82) is 5.26 Å². The van der Waals surface area contributed by atoms with Gasteiger partial charge in [-0.15, -0.1) is 11.3 Å². The summed E-state index contributed by atoms with van der Waals surface area (Å²) in [5.41, 5.74) is 7.48. The summed E-state index contributed by atoms with van der Waals surface area (Å²) in [7, 11) is 0. The first-order valence-corrected chi connectivity index (χ1v) is 7.49. The number of nitrogens with one attached hydrogen (secondary N) is 1. The van der Waals surface area contributed by atoms with E-state index in [1.165, 1.54) is 16.2 Å². The van der Waals surface area contributed by atoms with Gasteiger partial charge in [0, 0.05) is 4.88 Å². The first-order valence-electron chi connectivity index (χ1n) is 6.67. The quantitative estimate of drug-likeness (QED) is 0.890. The van der Waals surface area contributed by atoms with Crippen LogP contribution in [0.4, 0.5) is 5.00 Å². The van der Waals surface area contributed by atoms with Crippen LogP contribution in [0.5, 0.6) is 0 Å². The third kappa shape index (κ3) is 2.80. The van der Waals surface area contributed by atoms with Gasteiger partial charge in [0.1, 0.15) is 11.1 Å². The number of rotatable bonds is 3. The Kier molecular flexibility index (Phi) is 4.23. The van der Waals surface area contributed by atoms with E-state index in [0.29, 0.717) is 22.9 Å². The van der Waals surface area contributed by atoms with Gasteiger partial charge in [0.05, 0.1) is 11.6 Å². The van der Waals surface area contributed by atoms with Crippen molar-refractivity contribution in [2.45, 2.75) is 45.6 Å². The Hall–Kier alpha value is -1.38. The molecule has 19 heavy (non-hydrogen) atoms. The number of anilines is 1. The molecule has 1 aromatic rings. The molecule has 1 aromatic heterocycles. The number of thiophene rings is 1. The van der Waals surface area contributed by atoms with Crippen molar-refractivity contribution < 1.29 is 4.79 Å². The molecule has 1 aliphatic carbocycles. The summed E-state index contributed by atoms with van der Waals surface area (Å²) in [6.07, 6.45) is 3.64. The van der Waals surface area contributed by atoms with E-state index in [9.17, 15) is 10.1 Å². The molecule has 0 aromatic carbocycles. The lowest BCUT2D eigenvalue weighted by atomic mass is 9.88. The molecule has 2 rings (SSSR count). The maximum absolute atomic E-state index is 11.8. The van der Waals surface area contributed by atoms with Crippen LogP contribution in [0, 0.1) is 17.2 Å². The molecule has 0 bridgehead atoms. The SMILES string of the molecule is CC[C@@H](N)C(=O)Nc1sc2c(c1C#N)CCC(C)C2. The number of fused-ring (bicyclic) bond motifs is 1. The van der Waals surface area contributed by atoms with E-state index < -0.39 is 6.04 Å². The molecule has 0 radical (unpaired) electrons. The maximum atomic E-state index is 11.8. The summed E-state index contributed by atoms with van der Waals surface area (Å²) < 4.78 is 0. The van der Waals surface area contributed by atoms with Gasteiger partial charge in [-0.2, -0.15) is 5.26 Å². The van der Waals surface area contributed by atoms with Crippen molar-refractivity contribution in [3.63, 3.8) is 0 Å².